The topological polar surface area (TPSA) is 82.1 Å². The molecule has 0 radical (unpaired) electrons. The van der Waals surface area contributed by atoms with E-state index in [9.17, 15) is 14.7 Å². The summed E-state index contributed by atoms with van der Waals surface area (Å²) in [7, 11) is 0. The number of aliphatic hydroxyl groups excluding tert-OH is 1. The molecule has 6 heteroatoms. The highest BCUT2D eigenvalue weighted by Gasteiger charge is 2.71. The summed E-state index contributed by atoms with van der Waals surface area (Å²) in [5, 5.41) is 10.0. The molecule has 31 heavy (non-hydrogen) atoms. The largest absolute Gasteiger partial charge is 0.458 e. The third-order valence-electron chi connectivity index (χ3n) is 7.80. The molecule has 2 heterocycles. The van der Waals surface area contributed by atoms with Crippen LogP contribution in [0.15, 0.2) is 48.6 Å². The van der Waals surface area contributed by atoms with Crippen LogP contribution >= 0.6 is 0 Å². The van der Waals surface area contributed by atoms with Crippen molar-refractivity contribution in [2.24, 2.45) is 23.7 Å². The van der Waals surface area contributed by atoms with Gasteiger partial charge in [0.25, 0.3) is 0 Å². The number of fused-ring (bicyclic) bond motifs is 1. The first-order valence-corrected chi connectivity index (χ1v) is 10.8. The second-order valence-corrected chi connectivity index (χ2v) is 9.78. The van der Waals surface area contributed by atoms with Gasteiger partial charge in [-0.05, 0) is 36.5 Å². The van der Waals surface area contributed by atoms with Gasteiger partial charge >= 0.3 is 11.9 Å². The molecule has 6 nitrogen and oxygen atoms in total. The number of hydrogen-bond acceptors (Lipinski definition) is 6. The Balaban J connectivity index is 1.52. The monoisotopic (exact) mass is 424 g/mol. The Morgan fingerprint density at radius 3 is 2.68 bits per heavy atom. The lowest BCUT2D eigenvalue weighted by molar-refractivity contribution is -0.158. The summed E-state index contributed by atoms with van der Waals surface area (Å²) in [5.41, 5.74) is 2.24. The average Bonchev–Trinajstić information content (AvgIpc) is 3.35. The van der Waals surface area contributed by atoms with E-state index < -0.39 is 24.0 Å². The molecule has 5 rings (SSSR count). The molecule has 1 aromatic rings. The van der Waals surface area contributed by atoms with E-state index in [-0.39, 0.29) is 41.7 Å². The minimum absolute atomic E-state index is 0.0112. The number of rotatable bonds is 4. The second-order valence-electron chi connectivity index (χ2n) is 9.78. The Kier molecular flexibility index (Phi) is 4.47. The molecule has 0 aromatic heterocycles. The Morgan fingerprint density at radius 2 is 2.03 bits per heavy atom. The summed E-state index contributed by atoms with van der Waals surface area (Å²) in [6.45, 7) is 13.3. The fourth-order valence-electron chi connectivity index (χ4n) is 6.43. The first-order valence-electron chi connectivity index (χ1n) is 10.8. The van der Waals surface area contributed by atoms with Gasteiger partial charge in [-0.1, -0.05) is 44.3 Å². The predicted octanol–water partition coefficient (Wildman–Crippen LogP) is 3.21. The zero-order valence-corrected chi connectivity index (χ0v) is 18.0. The van der Waals surface area contributed by atoms with Gasteiger partial charge in [-0.25, -0.2) is 4.79 Å². The fourth-order valence-corrected chi connectivity index (χ4v) is 6.43. The normalized spacial score (nSPS) is 42.7. The van der Waals surface area contributed by atoms with Crippen LogP contribution in [0.4, 0.5) is 0 Å². The molecule has 2 saturated heterocycles. The molecule has 4 fully saturated rings. The minimum Gasteiger partial charge on any atom is -0.458 e. The van der Waals surface area contributed by atoms with E-state index in [0.717, 1.165) is 11.1 Å². The summed E-state index contributed by atoms with van der Waals surface area (Å²) < 4.78 is 17.3. The fraction of sp³-hybridized carbons (Fsp3) is 0.520. The van der Waals surface area contributed by atoms with Crippen LogP contribution in [0.25, 0.3) is 0 Å². The Morgan fingerprint density at radius 1 is 1.29 bits per heavy atom. The maximum Gasteiger partial charge on any atom is 0.333 e. The maximum atomic E-state index is 12.8. The van der Waals surface area contributed by atoms with Crippen LogP contribution < -0.4 is 0 Å². The Bertz CT molecular complexity index is 997. The van der Waals surface area contributed by atoms with Gasteiger partial charge in [0.05, 0.1) is 11.5 Å². The van der Waals surface area contributed by atoms with E-state index >= 15 is 0 Å². The predicted molar refractivity (Wildman–Crippen MR) is 112 cm³/mol. The molecular weight excluding hydrogens is 396 g/mol. The van der Waals surface area contributed by atoms with Crippen LogP contribution in [-0.2, 0) is 29.4 Å². The molecule has 1 aromatic carbocycles. The van der Waals surface area contributed by atoms with Crippen LogP contribution in [0.1, 0.15) is 44.2 Å². The highest BCUT2D eigenvalue weighted by molar-refractivity contribution is 5.87. The number of benzene rings is 1. The van der Waals surface area contributed by atoms with Crippen molar-refractivity contribution < 1.29 is 28.9 Å². The summed E-state index contributed by atoms with van der Waals surface area (Å²) in [4.78, 5) is 25.1. The first kappa shape index (κ1) is 20.5. The van der Waals surface area contributed by atoms with Crippen molar-refractivity contribution in [1.29, 1.82) is 0 Å². The van der Waals surface area contributed by atoms with E-state index in [1.54, 1.807) is 6.92 Å². The van der Waals surface area contributed by atoms with Gasteiger partial charge in [-0.15, -0.1) is 0 Å². The van der Waals surface area contributed by atoms with E-state index in [2.05, 4.69) is 26.1 Å². The van der Waals surface area contributed by atoms with E-state index in [0.29, 0.717) is 17.6 Å². The van der Waals surface area contributed by atoms with Gasteiger partial charge in [-0.2, -0.15) is 0 Å². The average molecular weight is 424 g/mol. The molecular formula is C25H28O6. The van der Waals surface area contributed by atoms with Crippen LogP contribution in [0.2, 0.25) is 0 Å². The number of ether oxygens (including phenoxy) is 3. The van der Waals surface area contributed by atoms with Crippen molar-refractivity contribution in [3.05, 3.63) is 59.7 Å². The van der Waals surface area contributed by atoms with E-state index in [1.807, 2.05) is 25.1 Å². The standard InChI is InChI=1S/C25H28O6/c1-11(2)22(26)29-20-16-13(4)17-19(24(28)30-21(17)20)18(16)14-7-6-8-15(9-14)25(5)10-12(3)23(27)31-25/h6-9,13,16-21,23,27H,1,3,10H2,2,4-5H3/t13-,16?,17?,18?,19?,20?,21?,23?,25?/m0/s1. The third-order valence-corrected chi connectivity index (χ3v) is 7.80. The molecule has 0 amide bonds. The lowest BCUT2D eigenvalue weighted by Crippen LogP contribution is -2.39. The lowest BCUT2D eigenvalue weighted by atomic mass is 9.74. The van der Waals surface area contributed by atoms with Crippen LogP contribution in [0, 0.1) is 23.7 Å². The molecule has 164 valence electrons. The Labute approximate surface area is 181 Å². The molecule has 4 aliphatic rings. The molecule has 9 atom stereocenters. The van der Waals surface area contributed by atoms with Gasteiger partial charge in [0, 0.05) is 29.7 Å². The van der Waals surface area contributed by atoms with Crippen LogP contribution in [-0.4, -0.2) is 35.5 Å². The quantitative estimate of drug-likeness (QED) is 0.454. The third kappa shape index (κ3) is 2.84. The van der Waals surface area contributed by atoms with Crippen molar-refractivity contribution in [3.63, 3.8) is 0 Å². The molecule has 1 N–H and O–H groups in total. The number of carbonyl (C=O) groups is 2. The molecule has 2 bridgehead atoms. The maximum absolute atomic E-state index is 12.8. The summed E-state index contributed by atoms with van der Waals surface area (Å²) >= 11 is 0. The van der Waals surface area contributed by atoms with Crippen molar-refractivity contribution in [2.45, 2.75) is 57.2 Å². The van der Waals surface area contributed by atoms with E-state index in [4.69, 9.17) is 14.2 Å². The number of esters is 2. The van der Waals surface area contributed by atoms with Gasteiger partial charge in [0.15, 0.2) is 6.29 Å². The van der Waals surface area contributed by atoms with Crippen molar-refractivity contribution in [1.82, 2.24) is 0 Å². The second kappa shape index (κ2) is 6.78. The zero-order valence-electron chi connectivity index (χ0n) is 18.0. The number of aliphatic hydroxyl groups is 1. The molecule has 2 aliphatic heterocycles. The van der Waals surface area contributed by atoms with Crippen molar-refractivity contribution in [3.8, 4) is 0 Å². The minimum atomic E-state index is -0.979. The smallest absolute Gasteiger partial charge is 0.333 e. The first-order chi connectivity index (χ1) is 14.6. The van der Waals surface area contributed by atoms with Crippen molar-refractivity contribution >= 4 is 11.9 Å². The molecule has 2 aliphatic carbocycles. The molecule has 0 spiro atoms. The summed E-state index contributed by atoms with van der Waals surface area (Å²) in [6, 6.07) is 8.00. The highest BCUT2D eigenvalue weighted by atomic mass is 16.6. The van der Waals surface area contributed by atoms with Crippen LogP contribution in [0.3, 0.4) is 0 Å². The molecule has 2 saturated carbocycles. The summed E-state index contributed by atoms with van der Waals surface area (Å²) in [5.74, 6) is -0.781. The SMILES string of the molecule is C=C(C)C(=O)OC1C2OC(=O)C3C(c4cccc(C5(C)CC(=C)C(O)O5)c4)C1[C@H](C)C23. The van der Waals surface area contributed by atoms with Crippen LogP contribution in [0.5, 0.6) is 0 Å². The molecule has 8 unspecified atom stereocenters. The number of hydrogen-bond donors (Lipinski definition) is 1. The highest BCUT2D eigenvalue weighted by Crippen LogP contribution is 2.65. The summed E-state index contributed by atoms with van der Waals surface area (Å²) in [6.07, 6.45) is -1.31. The van der Waals surface area contributed by atoms with Gasteiger partial charge in [0.2, 0.25) is 0 Å². The van der Waals surface area contributed by atoms with Gasteiger partial charge < -0.3 is 19.3 Å². The number of carbonyl (C=O) groups excluding carboxylic acids is 2. The Hall–Kier alpha value is -2.44. The lowest BCUT2D eigenvalue weighted by Gasteiger charge is -2.33. The van der Waals surface area contributed by atoms with Crippen molar-refractivity contribution in [2.75, 3.05) is 0 Å². The van der Waals surface area contributed by atoms with Gasteiger partial charge in [-0.3, -0.25) is 4.79 Å². The zero-order chi connectivity index (χ0) is 22.2. The van der Waals surface area contributed by atoms with Gasteiger partial charge in [0.1, 0.15) is 12.2 Å². The van der Waals surface area contributed by atoms with E-state index in [1.165, 1.54) is 0 Å².